The van der Waals surface area contributed by atoms with Crippen molar-refractivity contribution >= 4 is 5.91 Å². The zero-order valence-electron chi connectivity index (χ0n) is 8.97. The van der Waals surface area contributed by atoms with E-state index in [-0.39, 0.29) is 5.91 Å². The first-order valence-corrected chi connectivity index (χ1v) is 5.34. The fraction of sp³-hybridized carbons (Fsp3) is 0.909. The van der Waals surface area contributed by atoms with Crippen LogP contribution in [0, 0.1) is 17.8 Å². The molecule has 0 spiro atoms. The Bertz CT molecular complexity index is 177. The van der Waals surface area contributed by atoms with Crippen molar-refractivity contribution in [2.45, 2.75) is 40.0 Å². The van der Waals surface area contributed by atoms with Crippen LogP contribution in [0.4, 0.5) is 0 Å². The Balaban J connectivity index is 2.46. The summed E-state index contributed by atoms with van der Waals surface area (Å²) in [5.74, 6) is 2.21. The van der Waals surface area contributed by atoms with Gasteiger partial charge >= 0.3 is 0 Å². The van der Waals surface area contributed by atoms with Gasteiger partial charge in [0.05, 0.1) is 0 Å². The Labute approximate surface area is 81.1 Å². The van der Waals surface area contributed by atoms with E-state index in [1.165, 1.54) is 12.8 Å². The summed E-state index contributed by atoms with van der Waals surface area (Å²) in [5.41, 5.74) is 0. The predicted octanol–water partition coefficient (Wildman–Crippen LogP) is 2.19. The van der Waals surface area contributed by atoms with E-state index in [1.807, 2.05) is 0 Å². The van der Waals surface area contributed by atoms with Gasteiger partial charge < -0.3 is 5.32 Å². The van der Waals surface area contributed by atoms with E-state index in [9.17, 15) is 4.79 Å². The molecule has 2 unspecified atom stereocenters. The molecule has 0 aliphatic carbocycles. The van der Waals surface area contributed by atoms with Crippen molar-refractivity contribution in [3.05, 3.63) is 0 Å². The molecule has 1 aliphatic rings. The number of carbonyl (C=O) groups is 1. The summed E-state index contributed by atoms with van der Waals surface area (Å²) >= 11 is 0. The standard InChI is InChI=1S/C11H21NO/c1-8(2)4-10-5-9(3)7-12-11(13)6-10/h8-10H,4-7H2,1-3H3,(H,12,13). The predicted molar refractivity (Wildman–Crippen MR) is 54.4 cm³/mol. The van der Waals surface area contributed by atoms with Crippen molar-refractivity contribution in [1.29, 1.82) is 0 Å². The summed E-state index contributed by atoms with van der Waals surface area (Å²) in [4.78, 5) is 11.3. The van der Waals surface area contributed by atoms with Crippen LogP contribution in [-0.2, 0) is 4.79 Å². The van der Waals surface area contributed by atoms with E-state index in [1.54, 1.807) is 0 Å². The van der Waals surface area contributed by atoms with Crippen LogP contribution in [0.25, 0.3) is 0 Å². The maximum Gasteiger partial charge on any atom is 0.220 e. The second-order valence-electron chi connectivity index (χ2n) is 4.84. The highest BCUT2D eigenvalue weighted by Crippen LogP contribution is 2.24. The summed E-state index contributed by atoms with van der Waals surface area (Å²) in [6.45, 7) is 7.55. The van der Waals surface area contributed by atoms with Gasteiger partial charge in [0.1, 0.15) is 0 Å². The Morgan fingerprint density at radius 2 is 2.23 bits per heavy atom. The van der Waals surface area contributed by atoms with E-state index in [0.29, 0.717) is 17.8 Å². The molecule has 2 nitrogen and oxygen atoms in total. The van der Waals surface area contributed by atoms with E-state index in [4.69, 9.17) is 0 Å². The van der Waals surface area contributed by atoms with Gasteiger partial charge in [-0.3, -0.25) is 4.79 Å². The number of hydrogen-bond acceptors (Lipinski definition) is 1. The van der Waals surface area contributed by atoms with E-state index in [0.717, 1.165) is 13.0 Å². The number of hydrogen-bond donors (Lipinski definition) is 1. The zero-order valence-corrected chi connectivity index (χ0v) is 8.97. The lowest BCUT2D eigenvalue weighted by Crippen LogP contribution is -2.24. The topological polar surface area (TPSA) is 29.1 Å². The lowest BCUT2D eigenvalue weighted by molar-refractivity contribution is -0.121. The molecule has 13 heavy (non-hydrogen) atoms. The van der Waals surface area contributed by atoms with Crippen molar-refractivity contribution in [3.63, 3.8) is 0 Å². The molecule has 0 aromatic heterocycles. The normalized spacial score (nSPS) is 30.0. The molecule has 1 amide bonds. The molecular weight excluding hydrogens is 162 g/mol. The van der Waals surface area contributed by atoms with E-state index >= 15 is 0 Å². The van der Waals surface area contributed by atoms with Gasteiger partial charge in [-0.25, -0.2) is 0 Å². The molecule has 0 aromatic rings. The molecule has 1 N–H and O–H groups in total. The van der Waals surface area contributed by atoms with Gasteiger partial charge in [0, 0.05) is 13.0 Å². The summed E-state index contributed by atoms with van der Waals surface area (Å²) in [6.07, 6.45) is 3.14. The highest BCUT2D eigenvalue weighted by molar-refractivity contribution is 5.76. The molecule has 0 aromatic carbocycles. The Morgan fingerprint density at radius 1 is 1.54 bits per heavy atom. The number of nitrogens with one attached hydrogen (secondary N) is 1. The maximum atomic E-state index is 11.3. The molecule has 2 atom stereocenters. The molecule has 0 saturated carbocycles. The Hall–Kier alpha value is -0.530. The van der Waals surface area contributed by atoms with Crippen LogP contribution >= 0.6 is 0 Å². The summed E-state index contributed by atoms with van der Waals surface area (Å²) in [6, 6.07) is 0. The lowest BCUT2D eigenvalue weighted by atomic mass is 9.87. The van der Waals surface area contributed by atoms with Crippen molar-refractivity contribution in [3.8, 4) is 0 Å². The van der Waals surface area contributed by atoms with Gasteiger partial charge in [0.25, 0.3) is 0 Å². The van der Waals surface area contributed by atoms with Gasteiger partial charge in [-0.15, -0.1) is 0 Å². The van der Waals surface area contributed by atoms with Gasteiger partial charge in [-0.1, -0.05) is 20.8 Å². The second-order valence-corrected chi connectivity index (χ2v) is 4.84. The van der Waals surface area contributed by atoms with Crippen molar-refractivity contribution in [2.24, 2.45) is 17.8 Å². The fourth-order valence-electron chi connectivity index (χ4n) is 2.20. The van der Waals surface area contributed by atoms with Crippen LogP contribution in [0.1, 0.15) is 40.0 Å². The molecule has 0 radical (unpaired) electrons. The van der Waals surface area contributed by atoms with Crippen LogP contribution in [0.5, 0.6) is 0 Å². The third kappa shape index (κ3) is 3.79. The lowest BCUT2D eigenvalue weighted by Gasteiger charge is -2.17. The van der Waals surface area contributed by atoms with Crippen LogP contribution in [0.2, 0.25) is 0 Å². The number of rotatable bonds is 2. The quantitative estimate of drug-likeness (QED) is 0.698. The molecule has 0 bridgehead atoms. The molecule has 1 fully saturated rings. The van der Waals surface area contributed by atoms with Crippen molar-refractivity contribution in [1.82, 2.24) is 5.32 Å². The summed E-state index contributed by atoms with van der Waals surface area (Å²) < 4.78 is 0. The first kappa shape index (κ1) is 10.6. The third-order valence-corrected chi connectivity index (χ3v) is 2.66. The average Bonchev–Trinajstić information content (AvgIpc) is 2.11. The zero-order chi connectivity index (χ0) is 9.84. The van der Waals surface area contributed by atoms with Crippen molar-refractivity contribution < 1.29 is 4.79 Å². The van der Waals surface area contributed by atoms with E-state index in [2.05, 4.69) is 26.1 Å². The molecule has 1 aliphatic heterocycles. The largest absolute Gasteiger partial charge is 0.356 e. The first-order valence-electron chi connectivity index (χ1n) is 5.34. The molecule has 1 heterocycles. The molecule has 2 heteroatoms. The smallest absolute Gasteiger partial charge is 0.220 e. The van der Waals surface area contributed by atoms with Crippen LogP contribution in [0.15, 0.2) is 0 Å². The number of amides is 1. The molecule has 1 rings (SSSR count). The minimum Gasteiger partial charge on any atom is -0.356 e. The summed E-state index contributed by atoms with van der Waals surface area (Å²) in [7, 11) is 0. The highest BCUT2D eigenvalue weighted by Gasteiger charge is 2.21. The third-order valence-electron chi connectivity index (χ3n) is 2.66. The van der Waals surface area contributed by atoms with Gasteiger partial charge in [-0.05, 0) is 30.6 Å². The fourth-order valence-corrected chi connectivity index (χ4v) is 2.20. The van der Waals surface area contributed by atoms with Crippen molar-refractivity contribution in [2.75, 3.05) is 6.54 Å². The average molecular weight is 183 g/mol. The van der Waals surface area contributed by atoms with Gasteiger partial charge in [0.15, 0.2) is 0 Å². The summed E-state index contributed by atoms with van der Waals surface area (Å²) in [5, 5.41) is 2.96. The molecule has 76 valence electrons. The monoisotopic (exact) mass is 183 g/mol. The van der Waals surface area contributed by atoms with Gasteiger partial charge in [0.2, 0.25) is 5.91 Å². The van der Waals surface area contributed by atoms with Crippen LogP contribution < -0.4 is 5.32 Å². The first-order chi connectivity index (χ1) is 6.08. The highest BCUT2D eigenvalue weighted by atomic mass is 16.1. The minimum absolute atomic E-state index is 0.245. The van der Waals surface area contributed by atoms with E-state index < -0.39 is 0 Å². The Kier molecular flexibility index (Phi) is 3.76. The maximum absolute atomic E-state index is 11.3. The Morgan fingerprint density at radius 3 is 2.85 bits per heavy atom. The SMILES string of the molecule is CC(C)CC1CC(=O)NCC(C)C1. The second kappa shape index (κ2) is 4.64. The van der Waals surface area contributed by atoms with Crippen LogP contribution in [-0.4, -0.2) is 12.5 Å². The van der Waals surface area contributed by atoms with Crippen LogP contribution in [0.3, 0.4) is 0 Å². The van der Waals surface area contributed by atoms with Gasteiger partial charge in [-0.2, -0.15) is 0 Å². The number of carbonyl (C=O) groups excluding carboxylic acids is 1. The molecule has 1 saturated heterocycles. The minimum atomic E-state index is 0.245. The molecular formula is C11H21NO.